The minimum atomic E-state index is -0.972. The van der Waals surface area contributed by atoms with Crippen molar-refractivity contribution in [2.75, 3.05) is 0 Å². The van der Waals surface area contributed by atoms with Crippen LogP contribution in [0.3, 0.4) is 0 Å². The van der Waals surface area contributed by atoms with E-state index in [4.69, 9.17) is 5.11 Å². The van der Waals surface area contributed by atoms with E-state index in [1.807, 2.05) is 0 Å². The molecule has 92 valence electrons. The molecular weight excluding hydrogens is 252 g/mol. The first-order valence-electron chi connectivity index (χ1n) is 5.11. The standard InChI is InChI=1S/C12H10N2O3S/c1-14-7-6-13-10(11(14)15)18-9-4-2-8(3-5-9)12(16)17/h2-7H,1H3,(H,16,17). The lowest BCUT2D eigenvalue weighted by molar-refractivity contribution is 0.0697. The van der Waals surface area contributed by atoms with Gasteiger partial charge in [0.1, 0.15) is 0 Å². The Labute approximate surface area is 107 Å². The molecule has 1 aromatic carbocycles. The highest BCUT2D eigenvalue weighted by atomic mass is 32.2. The Morgan fingerprint density at radius 3 is 2.61 bits per heavy atom. The molecule has 0 bridgehead atoms. The molecule has 0 saturated carbocycles. The second kappa shape index (κ2) is 5.05. The van der Waals surface area contributed by atoms with E-state index < -0.39 is 5.97 Å². The van der Waals surface area contributed by atoms with Gasteiger partial charge in [-0.25, -0.2) is 9.78 Å². The number of aryl methyl sites for hydroxylation is 1. The number of carboxylic acid groups (broad SMARTS) is 1. The first-order chi connectivity index (χ1) is 8.58. The Hall–Kier alpha value is -2.08. The van der Waals surface area contributed by atoms with Crippen LogP contribution >= 0.6 is 11.8 Å². The van der Waals surface area contributed by atoms with Crippen LogP contribution in [0.1, 0.15) is 10.4 Å². The minimum absolute atomic E-state index is 0.176. The van der Waals surface area contributed by atoms with Gasteiger partial charge >= 0.3 is 5.97 Å². The molecular formula is C12H10N2O3S. The summed E-state index contributed by atoms with van der Waals surface area (Å²) in [5, 5.41) is 9.14. The molecule has 6 heteroatoms. The summed E-state index contributed by atoms with van der Waals surface area (Å²) in [5.41, 5.74) is 0.0399. The van der Waals surface area contributed by atoms with E-state index in [-0.39, 0.29) is 11.1 Å². The van der Waals surface area contributed by atoms with Gasteiger partial charge < -0.3 is 9.67 Å². The van der Waals surface area contributed by atoms with Crippen molar-refractivity contribution in [2.24, 2.45) is 7.05 Å². The number of carboxylic acids is 1. The zero-order chi connectivity index (χ0) is 13.1. The van der Waals surface area contributed by atoms with Crippen LogP contribution in [0.4, 0.5) is 0 Å². The van der Waals surface area contributed by atoms with Gasteiger partial charge in [0.25, 0.3) is 5.56 Å². The second-order valence-electron chi connectivity index (χ2n) is 3.58. The van der Waals surface area contributed by atoms with E-state index in [0.29, 0.717) is 5.03 Å². The summed E-state index contributed by atoms with van der Waals surface area (Å²) in [6.45, 7) is 0. The molecule has 2 rings (SSSR count). The molecule has 0 aliphatic carbocycles. The number of aromatic carboxylic acids is 1. The third kappa shape index (κ3) is 2.60. The molecule has 0 radical (unpaired) electrons. The molecule has 2 aromatic rings. The van der Waals surface area contributed by atoms with Gasteiger partial charge in [0.05, 0.1) is 5.56 Å². The molecule has 0 saturated heterocycles. The third-order valence-electron chi connectivity index (χ3n) is 2.30. The van der Waals surface area contributed by atoms with Crippen molar-refractivity contribution in [3.8, 4) is 0 Å². The van der Waals surface area contributed by atoms with Gasteiger partial charge in [-0.1, -0.05) is 11.8 Å². The third-order valence-corrected chi connectivity index (χ3v) is 3.28. The second-order valence-corrected chi connectivity index (χ2v) is 4.64. The fourth-order valence-electron chi connectivity index (χ4n) is 1.32. The maximum Gasteiger partial charge on any atom is 0.335 e. The maximum atomic E-state index is 11.7. The lowest BCUT2D eigenvalue weighted by Crippen LogP contribution is -2.18. The number of hydrogen-bond acceptors (Lipinski definition) is 4. The summed E-state index contributed by atoms with van der Waals surface area (Å²) in [7, 11) is 1.65. The number of carbonyl (C=O) groups is 1. The van der Waals surface area contributed by atoms with Crippen LogP contribution in [0.15, 0.2) is 51.4 Å². The molecule has 5 nitrogen and oxygen atoms in total. The van der Waals surface area contributed by atoms with Crippen molar-refractivity contribution in [3.63, 3.8) is 0 Å². The van der Waals surface area contributed by atoms with Crippen molar-refractivity contribution < 1.29 is 9.90 Å². The highest BCUT2D eigenvalue weighted by molar-refractivity contribution is 7.99. The van der Waals surface area contributed by atoms with Crippen LogP contribution in [0.2, 0.25) is 0 Å². The number of rotatable bonds is 3. The van der Waals surface area contributed by atoms with Crippen molar-refractivity contribution in [1.82, 2.24) is 9.55 Å². The summed E-state index contributed by atoms with van der Waals surface area (Å²) < 4.78 is 1.45. The Balaban J connectivity index is 2.26. The monoisotopic (exact) mass is 262 g/mol. The van der Waals surface area contributed by atoms with E-state index in [0.717, 1.165) is 4.90 Å². The highest BCUT2D eigenvalue weighted by Gasteiger charge is 2.06. The predicted molar refractivity (Wildman–Crippen MR) is 67.0 cm³/mol. The van der Waals surface area contributed by atoms with Crippen LogP contribution in [0.25, 0.3) is 0 Å². The SMILES string of the molecule is Cn1ccnc(Sc2ccc(C(=O)O)cc2)c1=O. The molecule has 18 heavy (non-hydrogen) atoms. The van der Waals surface area contributed by atoms with Crippen LogP contribution in [-0.4, -0.2) is 20.6 Å². The van der Waals surface area contributed by atoms with Gasteiger partial charge in [0.15, 0.2) is 5.03 Å². The van der Waals surface area contributed by atoms with E-state index in [2.05, 4.69) is 4.98 Å². The smallest absolute Gasteiger partial charge is 0.335 e. The lowest BCUT2D eigenvalue weighted by atomic mass is 10.2. The van der Waals surface area contributed by atoms with Gasteiger partial charge in [-0.05, 0) is 24.3 Å². The first-order valence-corrected chi connectivity index (χ1v) is 5.92. The number of hydrogen-bond donors (Lipinski definition) is 1. The molecule has 1 aromatic heterocycles. The molecule has 0 aliphatic heterocycles. The summed E-state index contributed by atoms with van der Waals surface area (Å²) in [6.07, 6.45) is 3.13. The van der Waals surface area contributed by atoms with Crippen molar-refractivity contribution in [1.29, 1.82) is 0 Å². The molecule has 0 amide bonds. The van der Waals surface area contributed by atoms with Gasteiger partial charge in [-0.15, -0.1) is 0 Å². The molecule has 0 fully saturated rings. The zero-order valence-corrected chi connectivity index (χ0v) is 10.3. The molecule has 0 spiro atoms. The molecule has 1 N–H and O–H groups in total. The van der Waals surface area contributed by atoms with E-state index >= 15 is 0 Å². The quantitative estimate of drug-likeness (QED) is 0.910. The summed E-state index contributed by atoms with van der Waals surface area (Å²) in [6, 6.07) is 6.31. The summed E-state index contributed by atoms with van der Waals surface area (Å²) in [4.78, 5) is 27.2. The van der Waals surface area contributed by atoms with Gasteiger partial charge in [0, 0.05) is 24.3 Å². The van der Waals surface area contributed by atoms with Crippen molar-refractivity contribution in [2.45, 2.75) is 9.92 Å². The summed E-state index contributed by atoms with van der Waals surface area (Å²) in [5.74, 6) is -0.972. The van der Waals surface area contributed by atoms with Gasteiger partial charge in [0.2, 0.25) is 0 Å². The zero-order valence-electron chi connectivity index (χ0n) is 9.53. The molecule has 1 heterocycles. The number of benzene rings is 1. The average molecular weight is 262 g/mol. The fraction of sp³-hybridized carbons (Fsp3) is 0.0833. The van der Waals surface area contributed by atoms with Crippen molar-refractivity contribution in [3.05, 3.63) is 52.6 Å². The van der Waals surface area contributed by atoms with E-state index in [1.165, 1.54) is 28.5 Å². The minimum Gasteiger partial charge on any atom is -0.478 e. The Morgan fingerprint density at radius 1 is 1.33 bits per heavy atom. The lowest BCUT2D eigenvalue weighted by Gasteiger charge is -2.02. The van der Waals surface area contributed by atoms with Crippen LogP contribution < -0.4 is 5.56 Å². The summed E-state index contributed by atoms with van der Waals surface area (Å²) >= 11 is 1.21. The van der Waals surface area contributed by atoms with Crippen LogP contribution in [0.5, 0.6) is 0 Å². The topological polar surface area (TPSA) is 72.2 Å². The number of nitrogens with zero attached hydrogens (tertiary/aromatic N) is 2. The van der Waals surface area contributed by atoms with Crippen molar-refractivity contribution >= 4 is 17.7 Å². The van der Waals surface area contributed by atoms with Gasteiger partial charge in [-0.2, -0.15) is 0 Å². The molecule has 0 atom stereocenters. The maximum absolute atomic E-state index is 11.7. The Bertz CT molecular complexity index is 635. The van der Waals surface area contributed by atoms with E-state index in [9.17, 15) is 9.59 Å². The fourth-order valence-corrected chi connectivity index (χ4v) is 2.16. The van der Waals surface area contributed by atoms with Crippen LogP contribution in [0, 0.1) is 0 Å². The molecule has 0 aliphatic rings. The largest absolute Gasteiger partial charge is 0.478 e. The number of aromatic nitrogens is 2. The highest BCUT2D eigenvalue weighted by Crippen LogP contribution is 2.23. The predicted octanol–water partition coefficient (Wildman–Crippen LogP) is 1.63. The van der Waals surface area contributed by atoms with Crippen LogP contribution in [-0.2, 0) is 7.05 Å². The Morgan fingerprint density at radius 2 is 2.00 bits per heavy atom. The average Bonchev–Trinajstić information content (AvgIpc) is 2.36. The Kier molecular flexibility index (Phi) is 3.47. The van der Waals surface area contributed by atoms with E-state index in [1.54, 1.807) is 31.6 Å². The molecule has 0 unspecified atom stereocenters. The normalized spacial score (nSPS) is 10.3. The first kappa shape index (κ1) is 12.4. The van der Waals surface area contributed by atoms with Gasteiger partial charge in [-0.3, -0.25) is 4.79 Å².